The van der Waals surface area contributed by atoms with Crippen LogP contribution in [0.5, 0.6) is 5.75 Å². The zero-order valence-corrected chi connectivity index (χ0v) is 16.0. The minimum atomic E-state index is -0.720. The molecule has 28 heavy (non-hydrogen) atoms. The van der Waals surface area contributed by atoms with Crippen molar-refractivity contribution in [3.05, 3.63) is 64.8 Å². The van der Waals surface area contributed by atoms with Gasteiger partial charge in [-0.25, -0.2) is 14.2 Å². The van der Waals surface area contributed by atoms with E-state index in [9.17, 15) is 14.0 Å². The highest BCUT2D eigenvalue weighted by molar-refractivity contribution is 7.18. The molecule has 6 nitrogen and oxygen atoms in total. The molecule has 1 heterocycles. The maximum absolute atomic E-state index is 14.1. The molecule has 0 saturated heterocycles. The van der Waals surface area contributed by atoms with Gasteiger partial charge in [0, 0.05) is 11.6 Å². The van der Waals surface area contributed by atoms with Gasteiger partial charge in [0.1, 0.15) is 16.4 Å². The Bertz CT molecular complexity index is 1000. The second-order valence-corrected chi connectivity index (χ2v) is 6.58. The van der Waals surface area contributed by atoms with Crippen LogP contribution in [0.1, 0.15) is 27.0 Å². The topological polar surface area (TPSA) is 77.5 Å². The summed E-state index contributed by atoms with van der Waals surface area (Å²) >= 11 is 0.974. The van der Waals surface area contributed by atoms with Crippen LogP contribution in [0.15, 0.2) is 48.5 Å². The molecule has 1 aromatic heterocycles. The SMILES string of the molecule is CCOC(=O)c1sc(NC(=O)c2ccc(OC)cc2F)nc1-c1ccccc1. The second kappa shape index (κ2) is 8.62. The summed E-state index contributed by atoms with van der Waals surface area (Å²) < 4.78 is 24.2. The van der Waals surface area contributed by atoms with Gasteiger partial charge in [0.05, 0.1) is 25.0 Å². The number of ether oxygens (including phenoxy) is 2. The molecule has 0 aliphatic heterocycles. The summed E-state index contributed by atoms with van der Waals surface area (Å²) in [5.74, 6) is -1.62. The molecule has 0 radical (unpaired) electrons. The Kier molecular flexibility index (Phi) is 6.00. The lowest BCUT2D eigenvalue weighted by molar-refractivity contribution is 0.0532. The maximum atomic E-state index is 14.1. The fourth-order valence-corrected chi connectivity index (χ4v) is 3.35. The predicted octanol–water partition coefficient (Wildman–Crippen LogP) is 4.39. The number of carbonyl (C=O) groups is 2. The van der Waals surface area contributed by atoms with Gasteiger partial charge in [-0.15, -0.1) is 0 Å². The van der Waals surface area contributed by atoms with E-state index in [-0.39, 0.29) is 22.2 Å². The smallest absolute Gasteiger partial charge is 0.350 e. The van der Waals surface area contributed by atoms with Gasteiger partial charge in [-0.3, -0.25) is 10.1 Å². The van der Waals surface area contributed by atoms with E-state index >= 15 is 0 Å². The number of thiazole rings is 1. The van der Waals surface area contributed by atoms with Gasteiger partial charge in [0.2, 0.25) is 0 Å². The van der Waals surface area contributed by atoms with Gasteiger partial charge >= 0.3 is 5.97 Å². The molecule has 1 amide bonds. The molecule has 0 fully saturated rings. The Balaban J connectivity index is 1.92. The van der Waals surface area contributed by atoms with E-state index < -0.39 is 17.7 Å². The highest BCUT2D eigenvalue weighted by Crippen LogP contribution is 2.32. The van der Waals surface area contributed by atoms with E-state index in [1.54, 1.807) is 19.1 Å². The number of hydrogen-bond donors (Lipinski definition) is 1. The minimum Gasteiger partial charge on any atom is -0.497 e. The van der Waals surface area contributed by atoms with Crippen LogP contribution in [0.3, 0.4) is 0 Å². The first-order valence-electron chi connectivity index (χ1n) is 8.41. The van der Waals surface area contributed by atoms with Crippen LogP contribution in [-0.4, -0.2) is 30.6 Å². The molecule has 0 aliphatic carbocycles. The van der Waals surface area contributed by atoms with Crippen LogP contribution in [0.2, 0.25) is 0 Å². The number of esters is 1. The summed E-state index contributed by atoms with van der Waals surface area (Å²) in [5.41, 5.74) is 0.947. The van der Waals surface area contributed by atoms with Crippen LogP contribution < -0.4 is 10.1 Å². The third-order valence-electron chi connectivity index (χ3n) is 3.78. The number of nitrogens with one attached hydrogen (secondary N) is 1. The van der Waals surface area contributed by atoms with Crippen molar-refractivity contribution in [2.75, 3.05) is 19.0 Å². The van der Waals surface area contributed by atoms with E-state index in [2.05, 4.69) is 10.3 Å². The largest absolute Gasteiger partial charge is 0.497 e. The van der Waals surface area contributed by atoms with Crippen molar-refractivity contribution in [3.63, 3.8) is 0 Å². The van der Waals surface area contributed by atoms with Gasteiger partial charge in [0.25, 0.3) is 5.91 Å². The van der Waals surface area contributed by atoms with Gasteiger partial charge < -0.3 is 9.47 Å². The lowest BCUT2D eigenvalue weighted by Gasteiger charge is -2.05. The summed E-state index contributed by atoms with van der Waals surface area (Å²) in [6, 6.07) is 13.0. The second-order valence-electron chi connectivity index (χ2n) is 5.58. The Morgan fingerprint density at radius 1 is 1.18 bits per heavy atom. The minimum absolute atomic E-state index is 0.157. The van der Waals surface area contributed by atoms with E-state index in [4.69, 9.17) is 9.47 Å². The molecule has 2 aromatic carbocycles. The summed E-state index contributed by atoms with van der Waals surface area (Å²) in [6.07, 6.45) is 0. The number of carbonyl (C=O) groups excluding carboxylic acids is 2. The zero-order chi connectivity index (χ0) is 20.1. The van der Waals surface area contributed by atoms with Crippen molar-refractivity contribution in [2.45, 2.75) is 6.92 Å². The highest BCUT2D eigenvalue weighted by Gasteiger charge is 2.22. The average Bonchev–Trinajstić information content (AvgIpc) is 3.12. The molecule has 3 rings (SSSR count). The lowest BCUT2D eigenvalue weighted by Crippen LogP contribution is -2.13. The standard InChI is InChI=1S/C20H17FN2O4S/c1-3-27-19(25)17-16(12-7-5-4-6-8-12)22-20(28-17)23-18(24)14-10-9-13(26-2)11-15(14)21/h4-11H,3H2,1-2H3,(H,22,23,24). The van der Waals surface area contributed by atoms with Crippen LogP contribution >= 0.6 is 11.3 Å². The Morgan fingerprint density at radius 2 is 1.93 bits per heavy atom. The number of nitrogens with zero attached hydrogens (tertiary/aromatic N) is 1. The summed E-state index contributed by atoms with van der Waals surface area (Å²) in [5, 5.41) is 2.71. The number of halogens is 1. The Hall–Kier alpha value is -3.26. The molecule has 0 saturated carbocycles. The highest BCUT2D eigenvalue weighted by atomic mass is 32.1. The summed E-state index contributed by atoms with van der Waals surface area (Å²) in [4.78, 5) is 29.4. The third-order valence-corrected chi connectivity index (χ3v) is 4.73. The summed E-state index contributed by atoms with van der Waals surface area (Å²) in [6.45, 7) is 1.92. The van der Waals surface area contributed by atoms with Crippen LogP contribution in [0, 0.1) is 5.82 Å². The molecule has 0 atom stereocenters. The summed E-state index contributed by atoms with van der Waals surface area (Å²) in [7, 11) is 1.41. The van der Waals surface area contributed by atoms with Crippen molar-refractivity contribution >= 4 is 28.3 Å². The molecule has 1 N–H and O–H groups in total. The molecule has 0 aliphatic rings. The molecule has 3 aromatic rings. The van der Waals surface area contributed by atoms with Gasteiger partial charge in [0.15, 0.2) is 5.13 Å². The molecule has 144 valence electrons. The number of aromatic nitrogens is 1. The fourth-order valence-electron chi connectivity index (χ4n) is 2.47. The molecular weight excluding hydrogens is 383 g/mol. The zero-order valence-electron chi connectivity index (χ0n) is 15.2. The van der Waals surface area contributed by atoms with E-state index in [1.165, 1.54) is 19.2 Å². The number of methoxy groups -OCH3 is 1. The molecule has 8 heteroatoms. The van der Waals surface area contributed by atoms with Crippen molar-refractivity contribution in [2.24, 2.45) is 0 Å². The van der Waals surface area contributed by atoms with Gasteiger partial charge in [-0.05, 0) is 19.1 Å². The van der Waals surface area contributed by atoms with E-state index in [0.717, 1.165) is 17.4 Å². The normalized spacial score (nSPS) is 10.4. The monoisotopic (exact) mass is 400 g/mol. The quantitative estimate of drug-likeness (QED) is 0.621. The number of amides is 1. The van der Waals surface area contributed by atoms with Crippen LogP contribution in [-0.2, 0) is 4.74 Å². The first-order valence-corrected chi connectivity index (χ1v) is 9.23. The maximum Gasteiger partial charge on any atom is 0.350 e. The molecule has 0 bridgehead atoms. The molecular formula is C20H17FN2O4S. The van der Waals surface area contributed by atoms with Gasteiger partial charge in [-0.2, -0.15) is 0 Å². The number of benzene rings is 2. The van der Waals surface area contributed by atoms with Gasteiger partial charge in [-0.1, -0.05) is 41.7 Å². The van der Waals surface area contributed by atoms with Crippen molar-refractivity contribution < 1.29 is 23.5 Å². The first-order chi connectivity index (χ1) is 13.5. The predicted molar refractivity (Wildman–Crippen MR) is 104 cm³/mol. The van der Waals surface area contributed by atoms with Crippen molar-refractivity contribution in [1.82, 2.24) is 4.98 Å². The van der Waals surface area contributed by atoms with Crippen LogP contribution in [0.25, 0.3) is 11.3 Å². The number of anilines is 1. The van der Waals surface area contributed by atoms with Crippen LogP contribution in [0.4, 0.5) is 9.52 Å². The Morgan fingerprint density at radius 3 is 2.57 bits per heavy atom. The first kappa shape index (κ1) is 19.5. The number of rotatable bonds is 6. The Labute approximate surface area is 164 Å². The average molecular weight is 400 g/mol. The van der Waals surface area contributed by atoms with Crippen molar-refractivity contribution in [1.29, 1.82) is 0 Å². The molecule has 0 spiro atoms. The van der Waals surface area contributed by atoms with Crippen molar-refractivity contribution in [3.8, 4) is 17.0 Å². The number of hydrogen-bond acceptors (Lipinski definition) is 6. The third kappa shape index (κ3) is 4.17. The fraction of sp³-hybridized carbons (Fsp3) is 0.150. The lowest BCUT2D eigenvalue weighted by atomic mass is 10.1. The van der Waals surface area contributed by atoms with E-state index in [0.29, 0.717) is 17.0 Å². The molecule has 0 unspecified atom stereocenters. The van der Waals surface area contributed by atoms with E-state index in [1.807, 2.05) is 18.2 Å².